The van der Waals surface area contributed by atoms with E-state index < -0.39 is 5.54 Å². The van der Waals surface area contributed by atoms with E-state index in [1.807, 2.05) is 61.5 Å². The highest BCUT2D eigenvalue weighted by Gasteiger charge is 2.36. The SMILES string of the molecule is CCN(C(=O)Cc1ccc(NC(=O)C2(N)CCCC2)cc1)c1ccccc1. The number of carbonyl (C=O) groups is 2. The molecular weight excluding hydrogens is 338 g/mol. The van der Waals surface area contributed by atoms with Crippen molar-refractivity contribution in [2.45, 2.75) is 44.6 Å². The lowest BCUT2D eigenvalue weighted by Crippen LogP contribution is -2.48. The number of nitrogens with one attached hydrogen (secondary N) is 1. The van der Waals surface area contributed by atoms with Crippen molar-refractivity contribution in [1.29, 1.82) is 0 Å². The topological polar surface area (TPSA) is 75.4 Å². The van der Waals surface area contributed by atoms with Crippen LogP contribution in [0.15, 0.2) is 54.6 Å². The molecule has 0 spiro atoms. The van der Waals surface area contributed by atoms with Crippen LogP contribution in [0.1, 0.15) is 38.2 Å². The monoisotopic (exact) mass is 365 g/mol. The molecule has 0 aliphatic heterocycles. The van der Waals surface area contributed by atoms with Crippen LogP contribution in [0, 0.1) is 0 Å². The van der Waals surface area contributed by atoms with E-state index in [2.05, 4.69) is 5.32 Å². The normalized spacial score (nSPS) is 15.3. The molecule has 0 radical (unpaired) electrons. The van der Waals surface area contributed by atoms with E-state index in [-0.39, 0.29) is 11.8 Å². The predicted molar refractivity (Wildman–Crippen MR) is 109 cm³/mol. The fraction of sp³-hybridized carbons (Fsp3) is 0.364. The van der Waals surface area contributed by atoms with Crippen molar-refractivity contribution in [1.82, 2.24) is 0 Å². The zero-order valence-corrected chi connectivity index (χ0v) is 15.8. The third kappa shape index (κ3) is 4.55. The Morgan fingerprint density at radius 3 is 2.26 bits per heavy atom. The average molecular weight is 365 g/mol. The Morgan fingerprint density at radius 1 is 1.04 bits per heavy atom. The first-order chi connectivity index (χ1) is 13.0. The zero-order valence-electron chi connectivity index (χ0n) is 15.8. The number of rotatable bonds is 6. The molecular formula is C22H27N3O2. The Morgan fingerprint density at radius 2 is 1.67 bits per heavy atom. The highest BCUT2D eigenvalue weighted by molar-refractivity contribution is 5.98. The summed E-state index contributed by atoms with van der Waals surface area (Å²) >= 11 is 0. The fourth-order valence-corrected chi connectivity index (χ4v) is 3.58. The van der Waals surface area contributed by atoms with Crippen molar-refractivity contribution in [3.05, 3.63) is 60.2 Å². The molecule has 5 nitrogen and oxygen atoms in total. The van der Waals surface area contributed by atoms with Crippen molar-refractivity contribution in [3.8, 4) is 0 Å². The van der Waals surface area contributed by atoms with Crippen LogP contribution in [0.4, 0.5) is 11.4 Å². The number of hydrogen-bond donors (Lipinski definition) is 2. The molecule has 0 heterocycles. The Hall–Kier alpha value is -2.66. The van der Waals surface area contributed by atoms with Crippen molar-refractivity contribution in [3.63, 3.8) is 0 Å². The van der Waals surface area contributed by atoms with E-state index in [0.717, 1.165) is 36.9 Å². The van der Waals surface area contributed by atoms with Gasteiger partial charge in [0.15, 0.2) is 0 Å². The number of nitrogens with zero attached hydrogens (tertiary/aromatic N) is 1. The Kier molecular flexibility index (Phi) is 5.91. The summed E-state index contributed by atoms with van der Waals surface area (Å²) in [4.78, 5) is 26.8. The van der Waals surface area contributed by atoms with Gasteiger partial charge in [-0.25, -0.2) is 0 Å². The van der Waals surface area contributed by atoms with Gasteiger partial charge in [-0.3, -0.25) is 9.59 Å². The van der Waals surface area contributed by atoms with Crippen LogP contribution in [0.5, 0.6) is 0 Å². The molecule has 1 fully saturated rings. The summed E-state index contributed by atoms with van der Waals surface area (Å²) in [7, 11) is 0. The second kappa shape index (κ2) is 8.35. The lowest BCUT2D eigenvalue weighted by molar-refractivity contribution is -0.121. The molecule has 3 rings (SSSR count). The first kappa shape index (κ1) is 19.1. The van der Waals surface area contributed by atoms with Gasteiger partial charge >= 0.3 is 0 Å². The van der Waals surface area contributed by atoms with Crippen LogP contribution in [0.2, 0.25) is 0 Å². The molecule has 0 unspecified atom stereocenters. The molecule has 0 bridgehead atoms. The van der Waals surface area contributed by atoms with Gasteiger partial charge < -0.3 is 16.0 Å². The molecule has 3 N–H and O–H groups in total. The van der Waals surface area contributed by atoms with Crippen molar-refractivity contribution < 1.29 is 9.59 Å². The molecule has 1 aliphatic rings. The third-order valence-corrected chi connectivity index (χ3v) is 5.20. The van der Waals surface area contributed by atoms with Crippen LogP contribution >= 0.6 is 0 Å². The molecule has 1 saturated carbocycles. The lowest BCUT2D eigenvalue weighted by atomic mass is 9.98. The van der Waals surface area contributed by atoms with E-state index in [1.165, 1.54) is 0 Å². The maximum absolute atomic E-state index is 12.7. The van der Waals surface area contributed by atoms with Gasteiger partial charge in [-0.2, -0.15) is 0 Å². The fourth-order valence-electron chi connectivity index (χ4n) is 3.58. The van der Waals surface area contributed by atoms with Gasteiger partial charge in [-0.1, -0.05) is 43.2 Å². The summed E-state index contributed by atoms with van der Waals surface area (Å²) in [5.41, 5.74) is 7.97. The predicted octanol–water partition coefficient (Wildman–Crippen LogP) is 3.49. The highest BCUT2D eigenvalue weighted by Crippen LogP contribution is 2.28. The van der Waals surface area contributed by atoms with Crippen LogP contribution in [-0.2, 0) is 16.0 Å². The number of anilines is 2. The van der Waals surface area contributed by atoms with E-state index in [1.54, 1.807) is 4.90 Å². The molecule has 2 amide bonds. The smallest absolute Gasteiger partial charge is 0.244 e. The quantitative estimate of drug-likeness (QED) is 0.823. The van der Waals surface area contributed by atoms with Gasteiger partial charge in [-0.15, -0.1) is 0 Å². The summed E-state index contributed by atoms with van der Waals surface area (Å²) < 4.78 is 0. The van der Waals surface area contributed by atoms with E-state index in [0.29, 0.717) is 18.7 Å². The summed E-state index contributed by atoms with van der Waals surface area (Å²) in [6.07, 6.45) is 3.79. The molecule has 0 aromatic heterocycles. The Bertz CT molecular complexity index is 781. The molecule has 27 heavy (non-hydrogen) atoms. The van der Waals surface area contributed by atoms with Gasteiger partial charge in [0, 0.05) is 17.9 Å². The second-order valence-electron chi connectivity index (χ2n) is 7.16. The largest absolute Gasteiger partial charge is 0.324 e. The average Bonchev–Trinajstić information content (AvgIpc) is 3.13. The summed E-state index contributed by atoms with van der Waals surface area (Å²) in [6.45, 7) is 2.59. The minimum absolute atomic E-state index is 0.0485. The molecule has 0 atom stereocenters. The minimum atomic E-state index is -0.744. The second-order valence-corrected chi connectivity index (χ2v) is 7.16. The van der Waals surface area contributed by atoms with Crippen LogP contribution in [0.25, 0.3) is 0 Å². The van der Waals surface area contributed by atoms with Crippen molar-refractivity contribution in [2.24, 2.45) is 5.73 Å². The number of amides is 2. The van der Waals surface area contributed by atoms with Gasteiger partial charge in [0.05, 0.1) is 12.0 Å². The molecule has 2 aromatic carbocycles. The van der Waals surface area contributed by atoms with Gasteiger partial charge in [0.25, 0.3) is 0 Å². The molecule has 1 aliphatic carbocycles. The van der Waals surface area contributed by atoms with Gasteiger partial charge in [0.1, 0.15) is 0 Å². The molecule has 2 aromatic rings. The number of nitrogens with two attached hydrogens (primary N) is 1. The Labute approximate surface area is 160 Å². The Balaban J connectivity index is 1.61. The minimum Gasteiger partial charge on any atom is -0.324 e. The van der Waals surface area contributed by atoms with Crippen LogP contribution in [0.3, 0.4) is 0 Å². The van der Waals surface area contributed by atoms with Crippen molar-refractivity contribution >= 4 is 23.2 Å². The number of benzene rings is 2. The van der Waals surface area contributed by atoms with Gasteiger partial charge in [0.2, 0.25) is 11.8 Å². The maximum Gasteiger partial charge on any atom is 0.244 e. The third-order valence-electron chi connectivity index (χ3n) is 5.20. The molecule has 142 valence electrons. The first-order valence-corrected chi connectivity index (χ1v) is 9.56. The summed E-state index contributed by atoms with van der Waals surface area (Å²) in [5.74, 6) is -0.0718. The summed E-state index contributed by atoms with van der Waals surface area (Å²) in [5, 5.41) is 2.91. The molecule has 5 heteroatoms. The maximum atomic E-state index is 12.7. The standard InChI is InChI=1S/C22H27N3O2/c1-2-25(19-8-4-3-5-9-19)20(26)16-17-10-12-18(13-11-17)24-21(27)22(23)14-6-7-15-22/h3-5,8-13H,2,6-7,14-16,23H2,1H3,(H,24,27). The van der Waals surface area contributed by atoms with Crippen LogP contribution < -0.4 is 16.0 Å². The number of hydrogen-bond acceptors (Lipinski definition) is 3. The summed E-state index contributed by atoms with van der Waals surface area (Å²) in [6, 6.07) is 17.1. The number of likely N-dealkylation sites (N-methyl/N-ethyl adjacent to an activating group) is 1. The van der Waals surface area contributed by atoms with E-state index in [4.69, 9.17) is 5.73 Å². The van der Waals surface area contributed by atoms with Gasteiger partial charge in [-0.05, 0) is 49.6 Å². The van der Waals surface area contributed by atoms with Crippen molar-refractivity contribution in [2.75, 3.05) is 16.8 Å². The van der Waals surface area contributed by atoms with Crippen LogP contribution in [-0.4, -0.2) is 23.9 Å². The number of para-hydroxylation sites is 1. The van der Waals surface area contributed by atoms with E-state index >= 15 is 0 Å². The molecule has 0 saturated heterocycles. The first-order valence-electron chi connectivity index (χ1n) is 9.56. The lowest BCUT2D eigenvalue weighted by Gasteiger charge is -2.22. The zero-order chi connectivity index (χ0) is 19.3. The highest BCUT2D eigenvalue weighted by atomic mass is 16.2. The van der Waals surface area contributed by atoms with E-state index in [9.17, 15) is 9.59 Å². The number of carbonyl (C=O) groups excluding carboxylic acids is 2.